The summed E-state index contributed by atoms with van der Waals surface area (Å²) in [5.41, 5.74) is -0.266. The number of hydrogen-bond acceptors (Lipinski definition) is 3. The molecule has 3 heteroatoms. The summed E-state index contributed by atoms with van der Waals surface area (Å²) in [6, 6.07) is 0. The van der Waals surface area contributed by atoms with E-state index in [1.54, 1.807) is 0 Å². The Labute approximate surface area is 95.2 Å². The minimum atomic E-state index is -0.266. The molecule has 0 spiro atoms. The van der Waals surface area contributed by atoms with Gasteiger partial charge in [0, 0.05) is 5.92 Å². The standard InChI is InChI=1S/C13H18O3/c1-13(2)11-8-5-3-6(7(14)4-5)9(8)10(11)12(15)16-13/h5-11,14H,3-4H2,1-2H3. The summed E-state index contributed by atoms with van der Waals surface area (Å²) < 4.78 is 5.51. The SMILES string of the molecule is CC1(C)OC(=O)C2C3C4CC(CC4O)C3C21. The Bertz CT molecular complexity index is 375. The molecule has 1 saturated heterocycles. The normalized spacial score (nSPS) is 60.2. The number of ether oxygens (including phenoxy) is 1. The van der Waals surface area contributed by atoms with Crippen molar-refractivity contribution in [2.24, 2.45) is 35.5 Å². The molecule has 88 valence electrons. The topological polar surface area (TPSA) is 46.5 Å². The third kappa shape index (κ3) is 0.816. The first-order valence-electron chi connectivity index (χ1n) is 6.41. The molecule has 4 aliphatic rings. The van der Waals surface area contributed by atoms with Gasteiger partial charge in [-0.25, -0.2) is 0 Å². The largest absolute Gasteiger partial charge is 0.459 e. The lowest BCUT2D eigenvalue weighted by molar-refractivity contribution is -0.151. The van der Waals surface area contributed by atoms with Crippen LogP contribution in [0.5, 0.6) is 0 Å². The molecule has 1 aliphatic heterocycles. The third-order valence-electron chi connectivity index (χ3n) is 5.75. The lowest BCUT2D eigenvalue weighted by Gasteiger charge is -2.52. The number of cyclic esters (lactones) is 1. The van der Waals surface area contributed by atoms with Crippen molar-refractivity contribution in [1.29, 1.82) is 0 Å². The Morgan fingerprint density at radius 3 is 2.81 bits per heavy atom. The minimum absolute atomic E-state index is 0.00370. The van der Waals surface area contributed by atoms with Gasteiger partial charge in [0.25, 0.3) is 0 Å². The van der Waals surface area contributed by atoms with E-state index >= 15 is 0 Å². The maximum atomic E-state index is 11.9. The van der Waals surface area contributed by atoms with E-state index in [0.29, 0.717) is 29.6 Å². The van der Waals surface area contributed by atoms with Gasteiger partial charge >= 0.3 is 5.97 Å². The Balaban J connectivity index is 1.73. The van der Waals surface area contributed by atoms with E-state index in [-0.39, 0.29) is 23.6 Å². The zero-order chi connectivity index (χ0) is 11.2. The number of aliphatic hydroxyl groups excluding tert-OH is 1. The van der Waals surface area contributed by atoms with Gasteiger partial charge in [-0.05, 0) is 50.4 Å². The number of aliphatic hydroxyl groups is 1. The summed E-state index contributed by atoms with van der Waals surface area (Å²) in [5.74, 6) is 2.65. The third-order valence-corrected chi connectivity index (χ3v) is 5.75. The minimum Gasteiger partial charge on any atom is -0.459 e. The van der Waals surface area contributed by atoms with Crippen molar-refractivity contribution in [2.75, 3.05) is 0 Å². The molecule has 1 N–H and O–H groups in total. The van der Waals surface area contributed by atoms with Crippen molar-refractivity contribution in [3.63, 3.8) is 0 Å². The summed E-state index contributed by atoms with van der Waals surface area (Å²) in [5, 5.41) is 9.93. The fraction of sp³-hybridized carbons (Fsp3) is 0.923. The highest BCUT2D eigenvalue weighted by molar-refractivity contribution is 5.78. The van der Waals surface area contributed by atoms with Crippen LogP contribution >= 0.6 is 0 Å². The zero-order valence-electron chi connectivity index (χ0n) is 9.72. The first kappa shape index (κ1) is 9.46. The van der Waals surface area contributed by atoms with Gasteiger partial charge in [0.05, 0.1) is 12.0 Å². The van der Waals surface area contributed by atoms with Crippen LogP contribution in [0.3, 0.4) is 0 Å². The fourth-order valence-electron chi connectivity index (χ4n) is 5.38. The Morgan fingerprint density at radius 2 is 2.06 bits per heavy atom. The molecular weight excluding hydrogens is 204 g/mol. The van der Waals surface area contributed by atoms with Crippen molar-refractivity contribution >= 4 is 5.97 Å². The quantitative estimate of drug-likeness (QED) is 0.626. The van der Waals surface area contributed by atoms with Crippen molar-refractivity contribution in [2.45, 2.75) is 38.4 Å². The first-order valence-corrected chi connectivity index (χ1v) is 6.41. The number of hydrogen-bond donors (Lipinski definition) is 1. The van der Waals surface area contributed by atoms with E-state index in [1.807, 2.05) is 13.8 Å². The Hall–Kier alpha value is -0.570. The molecule has 0 radical (unpaired) electrons. The molecule has 1 heterocycles. The predicted octanol–water partition coefficient (Wildman–Crippen LogP) is 1.20. The van der Waals surface area contributed by atoms with Gasteiger partial charge in [0.1, 0.15) is 5.60 Å². The van der Waals surface area contributed by atoms with E-state index < -0.39 is 0 Å². The molecule has 7 unspecified atom stereocenters. The van der Waals surface area contributed by atoms with Gasteiger partial charge in [-0.15, -0.1) is 0 Å². The molecule has 0 aromatic heterocycles. The van der Waals surface area contributed by atoms with Gasteiger partial charge in [-0.1, -0.05) is 0 Å². The lowest BCUT2D eigenvalue weighted by Crippen LogP contribution is -2.56. The van der Waals surface area contributed by atoms with Crippen LogP contribution in [0.25, 0.3) is 0 Å². The summed E-state index contributed by atoms with van der Waals surface area (Å²) >= 11 is 0. The van der Waals surface area contributed by atoms with Gasteiger partial charge in [-0.3, -0.25) is 4.79 Å². The van der Waals surface area contributed by atoms with Crippen LogP contribution in [-0.2, 0) is 9.53 Å². The maximum Gasteiger partial charge on any atom is 0.310 e. The van der Waals surface area contributed by atoms with Crippen LogP contribution in [0.15, 0.2) is 0 Å². The number of fused-ring (bicyclic) bond motifs is 8. The number of rotatable bonds is 0. The summed E-state index contributed by atoms with van der Waals surface area (Å²) in [6.07, 6.45) is 1.95. The Kier molecular flexibility index (Phi) is 1.46. The van der Waals surface area contributed by atoms with Gasteiger partial charge in [0.2, 0.25) is 0 Å². The van der Waals surface area contributed by atoms with Crippen LogP contribution in [-0.4, -0.2) is 22.8 Å². The molecule has 4 rings (SSSR count). The molecule has 3 aliphatic carbocycles. The fourth-order valence-corrected chi connectivity index (χ4v) is 5.38. The van der Waals surface area contributed by atoms with E-state index in [0.717, 1.165) is 12.8 Å². The molecule has 2 bridgehead atoms. The van der Waals surface area contributed by atoms with Gasteiger partial charge in [-0.2, -0.15) is 0 Å². The van der Waals surface area contributed by atoms with Crippen LogP contribution in [0.1, 0.15) is 26.7 Å². The highest BCUT2D eigenvalue weighted by Crippen LogP contribution is 2.70. The van der Waals surface area contributed by atoms with Gasteiger partial charge in [0.15, 0.2) is 0 Å². The van der Waals surface area contributed by atoms with Crippen molar-refractivity contribution in [1.82, 2.24) is 0 Å². The Morgan fingerprint density at radius 1 is 1.31 bits per heavy atom. The molecular formula is C13H18O3. The molecule has 3 saturated carbocycles. The maximum absolute atomic E-state index is 11.9. The zero-order valence-corrected chi connectivity index (χ0v) is 9.72. The lowest BCUT2D eigenvalue weighted by atomic mass is 9.49. The molecule has 3 nitrogen and oxygen atoms in total. The summed E-state index contributed by atoms with van der Waals surface area (Å²) in [4.78, 5) is 11.9. The molecule has 4 fully saturated rings. The molecule has 0 aromatic rings. The highest BCUT2D eigenvalue weighted by Gasteiger charge is 2.73. The summed E-state index contributed by atoms with van der Waals surface area (Å²) in [7, 11) is 0. The first-order chi connectivity index (χ1) is 7.50. The average molecular weight is 222 g/mol. The van der Waals surface area contributed by atoms with Crippen LogP contribution in [0.4, 0.5) is 0 Å². The van der Waals surface area contributed by atoms with E-state index in [1.165, 1.54) is 0 Å². The second kappa shape index (κ2) is 2.47. The van der Waals surface area contributed by atoms with E-state index in [2.05, 4.69) is 0 Å². The van der Waals surface area contributed by atoms with Gasteiger partial charge < -0.3 is 9.84 Å². The average Bonchev–Trinajstić information content (AvgIpc) is 2.59. The molecule has 0 amide bonds. The van der Waals surface area contributed by atoms with E-state index in [9.17, 15) is 9.90 Å². The number of carbonyl (C=O) groups is 1. The molecule has 0 aromatic carbocycles. The number of esters is 1. The molecule has 7 atom stereocenters. The second-order valence-electron chi connectivity index (χ2n) is 6.69. The van der Waals surface area contributed by atoms with Crippen LogP contribution in [0, 0.1) is 35.5 Å². The smallest absolute Gasteiger partial charge is 0.310 e. The summed E-state index contributed by atoms with van der Waals surface area (Å²) in [6.45, 7) is 4.10. The van der Waals surface area contributed by atoms with Crippen molar-refractivity contribution in [3.8, 4) is 0 Å². The molecule has 16 heavy (non-hydrogen) atoms. The number of carbonyl (C=O) groups excluding carboxylic acids is 1. The monoisotopic (exact) mass is 222 g/mol. The van der Waals surface area contributed by atoms with Crippen LogP contribution in [0.2, 0.25) is 0 Å². The van der Waals surface area contributed by atoms with Crippen molar-refractivity contribution < 1.29 is 14.6 Å². The highest BCUT2D eigenvalue weighted by atomic mass is 16.6. The van der Waals surface area contributed by atoms with Crippen molar-refractivity contribution in [3.05, 3.63) is 0 Å². The van der Waals surface area contributed by atoms with Crippen LogP contribution < -0.4 is 0 Å². The second-order valence-corrected chi connectivity index (χ2v) is 6.69. The van der Waals surface area contributed by atoms with E-state index in [4.69, 9.17) is 4.74 Å². The predicted molar refractivity (Wildman–Crippen MR) is 56.4 cm³/mol.